The van der Waals surface area contributed by atoms with Gasteiger partial charge in [-0.05, 0) is 23.8 Å². The molecule has 0 saturated carbocycles. The number of rotatable bonds is 4. The topological polar surface area (TPSA) is 73.3 Å². The molecule has 1 aromatic heterocycles. The van der Waals surface area contributed by atoms with Crippen molar-refractivity contribution < 1.29 is 14.3 Å². The molecule has 1 aliphatic heterocycles. The average Bonchev–Trinajstić information content (AvgIpc) is 3.15. The number of fused-ring (bicyclic) bond motifs is 1. The molecule has 26 heavy (non-hydrogen) atoms. The number of hydrogen-bond donors (Lipinski definition) is 1. The molecule has 0 atom stereocenters. The van der Waals surface area contributed by atoms with Crippen LogP contribution in [0.1, 0.15) is 5.56 Å². The van der Waals surface area contributed by atoms with Crippen LogP contribution in [0.2, 0.25) is 0 Å². The van der Waals surface area contributed by atoms with Crippen molar-refractivity contribution in [1.82, 2.24) is 9.97 Å². The van der Waals surface area contributed by atoms with Gasteiger partial charge in [-0.25, -0.2) is 9.97 Å². The summed E-state index contributed by atoms with van der Waals surface area (Å²) in [4.78, 5) is 20.6. The standard InChI is InChI=1S/C20H15N3O3/c24-19(9-7-14-6-8-17-18(10-14)26-13-25-17)23-16-11-21-20(22-12-16)15-4-2-1-3-5-15/h1-12H,13H2,(H,23,24)/b9-7+. The van der Waals surface area contributed by atoms with E-state index in [4.69, 9.17) is 9.47 Å². The van der Waals surface area contributed by atoms with Gasteiger partial charge in [-0.2, -0.15) is 0 Å². The zero-order chi connectivity index (χ0) is 17.8. The van der Waals surface area contributed by atoms with Gasteiger partial charge in [0.05, 0.1) is 18.1 Å². The van der Waals surface area contributed by atoms with Crippen LogP contribution in [0.3, 0.4) is 0 Å². The van der Waals surface area contributed by atoms with Crippen LogP contribution >= 0.6 is 0 Å². The number of nitrogens with one attached hydrogen (secondary N) is 1. The first-order valence-corrected chi connectivity index (χ1v) is 8.04. The lowest BCUT2D eigenvalue weighted by molar-refractivity contribution is -0.111. The molecule has 6 heteroatoms. The lowest BCUT2D eigenvalue weighted by Crippen LogP contribution is -2.08. The largest absolute Gasteiger partial charge is 0.454 e. The summed E-state index contributed by atoms with van der Waals surface area (Å²) >= 11 is 0. The molecule has 0 bridgehead atoms. The normalized spacial score (nSPS) is 12.3. The van der Waals surface area contributed by atoms with E-state index in [1.54, 1.807) is 18.5 Å². The van der Waals surface area contributed by atoms with Crippen molar-refractivity contribution in [3.63, 3.8) is 0 Å². The number of ether oxygens (including phenoxy) is 2. The number of anilines is 1. The van der Waals surface area contributed by atoms with Gasteiger partial charge in [-0.1, -0.05) is 36.4 Å². The van der Waals surface area contributed by atoms with E-state index in [2.05, 4.69) is 15.3 Å². The first kappa shape index (κ1) is 15.8. The lowest BCUT2D eigenvalue weighted by Gasteiger charge is -2.03. The Hall–Kier alpha value is -3.67. The molecule has 6 nitrogen and oxygen atoms in total. The highest BCUT2D eigenvalue weighted by atomic mass is 16.7. The number of aromatic nitrogens is 2. The summed E-state index contributed by atoms with van der Waals surface area (Å²) in [5.41, 5.74) is 2.30. The van der Waals surface area contributed by atoms with Crippen molar-refractivity contribution in [1.29, 1.82) is 0 Å². The summed E-state index contributed by atoms with van der Waals surface area (Å²) in [6.45, 7) is 0.224. The Labute approximate surface area is 150 Å². The third kappa shape index (κ3) is 3.54. The Morgan fingerprint density at radius 2 is 1.77 bits per heavy atom. The minimum Gasteiger partial charge on any atom is -0.454 e. The van der Waals surface area contributed by atoms with Crippen molar-refractivity contribution in [3.8, 4) is 22.9 Å². The second-order valence-electron chi connectivity index (χ2n) is 5.60. The monoisotopic (exact) mass is 345 g/mol. The number of amides is 1. The number of carbonyl (C=O) groups is 1. The maximum absolute atomic E-state index is 12.1. The maximum Gasteiger partial charge on any atom is 0.248 e. The molecule has 1 amide bonds. The van der Waals surface area contributed by atoms with E-state index in [0.29, 0.717) is 23.0 Å². The van der Waals surface area contributed by atoms with Gasteiger partial charge in [-0.15, -0.1) is 0 Å². The summed E-state index contributed by atoms with van der Waals surface area (Å²) in [6, 6.07) is 15.1. The molecule has 0 fully saturated rings. The summed E-state index contributed by atoms with van der Waals surface area (Å²) < 4.78 is 10.6. The Kier molecular flexibility index (Phi) is 4.30. The molecule has 0 radical (unpaired) electrons. The summed E-state index contributed by atoms with van der Waals surface area (Å²) in [5, 5.41) is 2.74. The van der Waals surface area contributed by atoms with E-state index in [1.807, 2.05) is 48.5 Å². The molecule has 0 spiro atoms. The number of benzene rings is 2. The van der Waals surface area contributed by atoms with Crippen LogP contribution in [0.4, 0.5) is 5.69 Å². The Balaban J connectivity index is 1.40. The van der Waals surface area contributed by atoms with E-state index in [9.17, 15) is 4.79 Å². The van der Waals surface area contributed by atoms with E-state index < -0.39 is 0 Å². The summed E-state index contributed by atoms with van der Waals surface area (Å²) in [6.07, 6.45) is 6.32. The molecule has 4 rings (SSSR count). The smallest absolute Gasteiger partial charge is 0.248 e. The molecular weight excluding hydrogens is 330 g/mol. The molecule has 0 aliphatic carbocycles. The second-order valence-corrected chi connectivity index (χ2v) is 5.60. The van der Waals surface area contributed by atoms with E-state index in [-0.39, 0.29) is 12.7 Å². The van der Waals surface area contributed by atoms with Crippen LogP contribution in [0, 0.1) is 0 Å². The first-order valence-electron chi connectivity index (χ1n) is 8.04. The Morgan fingerprint density at radius 3 is 2.58 bits per heavy atom. The van der Waals surface area contributed by atoms with Crippen molar-refractivity contribution in [2.45, 2.75) is 0 Å². The first-order chi connectivity index (χ1) is 12.8. The van der Waals surface area contributed by atoms with Crippen LogP contribution in [-0.4, -0.2) is 22.7 Å². The van der Waals surface area contributed by atoms with E-state index in [0.717, 1.165) is 11.1 Å². The molecular formula is C20H15N3O3. The van der Waals surface area contributed by atoms with Crippen molar-refractivity contribution in [2.75, 3.05) is 12.1 Å². The van der Waals surface area contributed by atoms with Gasteiger partial charge in [0.1, 0.15) is 0 Å². The van der Waals surface area contributed by atoms with Crippen LogP contribution in [-0.2, 0) is 4.79 Å². The summed E-state index contributed by atoms with van der Waals surface area (Å²) in [7, 11) is 0. The summed E-state index contributed by atoms with van der Waals surface area (Å²) in [5.74, 6) is 1.73. The van der Waals surface area contributed by atoms with E-state index >= 15 is 0 Å². The predicted octanol–water partition coefficient (Wildman–Crippen LogP) is 3.52. The van der Waals surface area contributed by atoms with Gasteiger partial charge in [0.15, 0.2) is 17.3 Å². The fraction of sp³-hybridized carbons (Fsp3) is 0.0500. The average molecular weight is 345 g/mol. The quantitative estimate of drug-likeness (QED) is 0.732. The SMILES string of the molecule is O=C(/C=C/c1ccc2c(c1)OCO2)Nc1cnc(-c2ccccc2)nc1. The van der Waals surface area contributed by atoms with Crippen LogP contribution in [0.15, 0.2) is 67.0 Å². The molecule has 0 unspecified atom stereocenters. The molecule has 1 aliphatic rings. The van der Waals surface area contributed by atoms with Gasteiger partial charge in [0.25, 0.3) is 0 Å². The van der Waals surface area contributed by atoms with Gasteiger partial charge >= 0.3 is 0 Å². The molecule has 0 saturated heterocycles. The third-order valence-electron chi connectivity index (χ3n) is 3.78. The third-order valence-corrected chi connectivity index (χ3v) is 3.78. The van der Waals surface area contributed by atoms with Crippen molar-refractivity contribution >= 4 is 17.7 Å². The molecule has 128 valence electrons. The van der Waals surface area contributed by atoms with Crippen LogP contribution in [0.25, 0.3) is 17.5 Å². The Morgan fingerprint density at radius 1 is 1.00 bits per heavy atom. The predicted molar refractivity (Wildman–Crippen MR) is 97.7 cm³/mol. The number of hydrogen-bond acceptors (Lipinski definition) is 5. The molecule has 1 N–H and O–H groups in total. The zero-order valence-corrected chi connectivity index (χ0v) is 13.8. The molecule has 2 heterocycles. The minimum atomic E-state index is -0.265. The van der Waals surface area contributed by atoms with Gasteiger partial charge in [0.2, 0.25) is 12.7 Å². The van der Waals surface area contributed by atoms with E-state index in [1.165, 1.54) is 6.08 Å². The fourth-order valence-electron chi connectivity index (χ4n) is 2.50. The number of nitrogens with zero attached hydrogens (tertiary/aromatic N) is 2. The van der Waals surface area contributed by atoms with Crippen molar-refractivity contribution in [3.05, 3.63) is 72.6 Å². The highest BCUT2D eigenvalue weighted by molar-refractivity contribution is 6.01. The zero-order valence-electron chi connectivity index (χ0n) is 13.8. The van der Waals surface area contributed by atoms with Crippen molar-refractivity contribution in [2.24, 2.45) is 0 Å². The van der Waals surface area contributed by atoms with Gasteiger partial charge in [-0.3, -0.25) is 4.79 Å². The second kappa shape index (κ2) is 7.06. The highest BCUT2D eigenvalue weighted by Gasteiger charge is 2.12. The highest BCUT2D eigenvalue weighted by Crippen LogP contribution is 2.32. The van der Waals surface area contributed by atoms with Gasteiger partial charge in [0, 0.05) is 11.6 Å². The molecule has 2 aromatic carbocycles. The van der Waals surface area contributed by atoms with Gasteiger partial charge < -0.3 is 14.8 Å². The number of carbonyl (C=O) groups excluding carboxylic acids is 1. The minimum absolute atomic E-state index is 0.224. The lowest BCUT2D eigenvalue weighted by atomic mass is 10.2. The Bertz CT molecular complexity index is 954. The van der Waals surface area contributed by atoms with Crippen LogP contribution in [0.5, 0.6) is 11.5 Å². The molecule has 3 aromatic rings. The fourth-order valence-corrected chi connectivity index (χ4v) is 2.50. The maximum atomic E-state index is 12.1. The van der Waals surface area contributed by atoms with Crippen LogP contribution < -0.4 is 14.8 Å².